The first-order valence-electron chi connectivity index (χ1n) is 8.52. The lowest BCUT2D eigenvalue weighted by atomic mass is 10.1. The van der Waals surface area contributed by atoms with E-state index in [1.807, 2.05) is 31.2 Å². The van der Waals surface area contributed by atoms with Gasteiger partial charge in [-0.05, 0) is 6.92 Å². The molecule has 7 nitrogen and oxygen atoms in total. The van der Waals surface area contributed by atoms with E-state index in [1.165, 1.54) is 23.1 Å². The number of rotatable bonds is 9. The Balaban J connectivity index is 1.66. The number of anilines is 1. The molecule has 28 heavy (non-hydrogen) atoms. The Kier molecular flexibility index (Phi) is 6.72. The zero-order valence-corrected chi connectivity index (χ0v) is 16.9. The fraction of sp³-hybridized carbons (Fsp3) is 0.211. The van der Waals surface area contributed by atoms with Crippen LogP contribution in [-0.2, 0) is 17.8 Å². The monoisotopic (exact) mass is 413 g/mol. The maximum atomic E-state index is 12.4. The van der Waals surface area contributed by atoms with Crippen LogP contribution < -0.4 is 5.32 Å². The van der Waals surface area contributed by atoms with E-state index in [0.717, 1.165) is 5.56 Å². The van der Waals surface area contributed by atoms with Crippen LogP contribution in [0.3, 0.4) is 0 Å². The predicted molar refractivity (Wildman–Crippen MR) is 111 cm³/mol. The van der Waals surface area contributed by atoms with Crippen molar-refractivity contribution in [1.82, 2.24) is 19.7 Å². The first kappa shape index (κ1) is 20.0. The van der Waals surface area contributed by atoms with Gasteiger partial charge in [0, 0.05) is 23.7 Å². The predicted octanol–water partition coefficient (Wildman–Crippen LogP) is 3.39. The van der Waals surface area contributed by atoms with Crippen LogP contribution in [0.1, 0.15) is 21.7 Å². The van der Waals surface area contributed by atoms with Gasteiger partial charge in [-0.2, -0.15) is 0 Å². The third kappa shape index (κ3) is 5.14. The lowest BCUT2D eigenvalue weighted by molar-refractivity contribution is -0.115. The highest BCUT2D eigenvalue weighted by Gasteiger charge is 2.17. The molecule has 3 aromatic rings. The second-order valence-electron chi connectivity index (χ2n) is 5.94. The van der Waals surface area contributed by atoms with E-state index in [0.29, 0.717) is 28.2 Å². The highest BCUT2D eigenvalue weighted by molar-refractivity contribution is 7.99. The molecule has 0 fully saturated rings. The quantitative estimate of drug-likeness (QED) is 0.329. The third-order valence-corrected chi connectivity index (χ3v) is 5.46. The fourth-order valence-corrected chi connectivity index (χ4v) is 3.82. The summed E-state index contributed by atoms with van der Waals surface area (Å²) >= 11 is 2.65. The standard InChI is InChI=1S/C19H19N5O2S2/c1-3-9-24-16(11-17(26)21-18-20-8-10-27-18)22-23-19(24)28-12-15(25)14-6-4-13(2)5-7-14/h3-8,10H,1,9,11-12H2,2H3,(H,20,21,26). The number of thiazole rings is 1. The maximum Gasteiger partial charge on any atom is 0.233 e. The highest BCUT2D eigenvalue weighted by Crippen LogP contribution is 2.20. The van der Waals surface area contributed by atoms with Crippen LogP contribution in [0.4, 0.5) is 5.13 Å². The van der Waals surface area contributed by atoms with Gasteiger partial charge in [-0.3, -0.25) is 9.59 Å². The van der Waals surface area contributed by atoms with Gasteiger partial charge in [-0.25, -0.2) is 4.98 Å². The number of nitrogens with one attached hydrogen (secondary N) is 1. The number of aryl methyl sites for hydroxylation is 1. The molecule has 0 aliphatic heterocycles. The van der Waals surface area contributed by atoms with Crippen LogP contribution in [0.15, 0.2) is 53.7 Å². The Hall–Kier alpha value is -2.78. The van der Waals surface area contributed by atoms with Crippen LogP contribution in [0.25, 0.3) is 0 Å². The molecular formula is C19H19N5O2S2. The fourth-order valence-electron chi connectivity index (χ4n) is 2.41. The molecule has 0 aliphatic carbocycles. The van der Waals surface area contributed by atoms with Crippen molar-refractivity contribution in [3.05, 3.63) is 65.4 Å². The van der Waals surface area contributed by atoms with Crippen molar-refractivity contribution in [1.29, 1.82) is 0 Å². The van der Waals surface area contributed by atoms with Gasteiger partial charge in [0.1, 0.15) is 5.82 Å². The van der Waals surface area contributed by atoms with E-state index in [2.05, 4.69) is 27.1 Å². The minimum atomic E-state index is -0.222. The summed E-state index contributed by atoms with van der Waals surface area (Å²) in [7, 11) is 0. The number of allylic oxidation sites excluding steroid dienone is 1. The van der Waals surface area contributed by atoms with E-state index in [9.17, 15) is 9.59 Å². The number of thioether (sulfide) groups is 1. The Bertz CT molecular complexity index is 965. The van der Waals surface area contributed by atoms with E-state index >= 15 is 0 Å². The van der Waals surface area contributed by atoms with Crippen LogP contribution >= 0.6 is 23.1 Å². The van der Waals surface area contributed by atoms with Gasteiger partial charge < -0.3 is 9.88 Å². The minimum Gasteiger partial charge on any atom is -0.302 e. The summed E-state index contributed by atoms with van der Waals surface area (Å²) in [4.78, 5) is 28.6. The molecule has 1 amide bonds. The average Bonchev–Trinajstić information content (AvgIpc) is 3.31. The molecule has 0 saturated heterocycles. The number of amides is 1. The molecule has 0 atom stereocenters. The van der Waals surface area contributed by atoms with Gasteiger partial charge in [0.2, 0.25) is 5.91 Å². The third-order valence-electron chi connectivity index (χ3n) is 3.81. The summed E-state index contributed by atoms with van der Waals surface area (Å²) < 4.78 is 1.79. The summed E-state index contributed by atoms with van der Waals surface area (Å²) in [6, 6.07) is 7.47. The molecule has 2 heterocycles. The van der Waals surface area contributed by atoms with Gasteiger partial charge in [-0.15, -0.1) is 28.1 Å². The number of ketones is 1. The van der Waals surface area contributed by atoms with Crippen molar-refractivity contribution in [3.63, 3.8) is 0 Å². The number of carbonyl (C=O) groups is 2. The molecule has 0 unspecified atom stereocenters. The van der Waals surface area contributed by atoms with Gasteiger partial charge in [0.25, 0.3) is 0 Å². The summed E-state index contributed by atoms with van der Waals surface area (Å²) in [5.74, 6) is 0.546. The van der Waals surface area contributed by atoms with Crippen LogP contribution in [-0.4, -0.2) is 37.2 Å². The lowest BCUT2D eigenvalue weighted by Crippen LogP contribution is -2.17. The zero-order chi connectivity index (χ0) is 19.9. The Labute approximate surface area is 170 Å². The first-order valence-corrected chi connectivity index (χ1v) is 10.4. The molecule has 144 valence electrons. The zero-order valence-electron chi connectivity index (χ0n) is 15.3. The molecular weight excluding hydrogens is 394 g/mol. The molecule has 9 heteroatoms. The second-order valence-corrected chi connectivity index (χ2v) is 7.78. The summed E-state index contributed by atoms with van der Waals surface area (Å²) in [6.45, 7) is 6.18. The molecule has 0 saturated carbocycles. The first-order chi connectivity index (χ1) is 13.6. The number of nitrogens with zero attached hydrogens (tertiary/aromatic N) is 4. The van der Waals surface area contributed by atoms with Gasteiger partial charge >= 0.3 is 0 Å². The SMILES string of the molecule is C=CCn1c(CC(=O)Nc2nccs2)nnc1SCC(=O)c1ccc(C)cc1. The molecule has 2 aromatic heterocycles. The summed E-state index contributed by atoms with van der Waals surface area (Å²) in [5, 5.41) is 13.9. The van der Waals surface area contributed by atoms with Crippen molar-refractivity contribution in [3.8, 4) is 0 Å². The molecule has 0 aliphatic rings. The minimum absolute atomic E-state index is 0.0150. The normalized spacial score (nSPS) is 10.6. The van der Waals surface area contributed by atoms with E-state index in [4.69, 9.17) is 0 Å². The average molecular weight is 414 g/mol. The Morgan fingerprint density at radius 1 is 1.29 bits per heavy atom. The molecule has 0 spiro atoms. The van der Waals surface area contributed by atoms with Crippen LogP contribution in [0.5, 0.6) is 0 Å². The van der Waals surface area contributed by atoms with Crippen molar-refractivity contribution >= 4 is 39.9 Å². The topological polar surface area (TPSA) is 89.8 Å². The maximum absolute atomic E-state index is 12.4. The summed E-state index contributed by atoms with van der Waals surface area (Å²) in [5.41, 5.74) is 1.77. The number of hydrogen-bond donors (Lipinski definition) is 1. The van der Waals surface area contributed by atoms with E-state index < -0.39 is 0 Å². The largest absolute Gasteiger partial charge is 0.302 e. The van der Waals surface area contributed by atoms with Crippen molar-refractivity contribution in [2.24, 2.45) is 0 Å². The molecule has 3 rings (SSSR count). The number of carbonyl (C=O) groups excluding carboxylic acids is 2. The van der Waals surface area contributed by atoms with E-state index in [-0.39, 0.29) is 23.9 Å². The van der Waals surface area contributed by atoms with E-state index in [1.54, 1.807) is 22.2 Å². The Morgan fingerprint density at radius 3 is 2.75 bits per heavy atom. The number of aromatic nitrogens is 4. The smallest absolute Gasteiger partial charge is 0.233 e. The highest BCUT2D eigenvalue weighted by atomic mass is 32.2. The van der Waals surface area contributed by atoms with Crippen LogP contribution in [0.2, 0.25) is 0 Å². The molecule has 0 radical (unpaired) electrons. The molecule has 1 N–H and O–H groups in total. The van der Waals surface area contributed by atoms with Crippen molar-refractivity contribution < 1.29 is 9.59 Å². The molecule has 1 aromatic carbocycles. The summed E-state index contributed by atoms with van der Waals surface area (Å²) in [6.07, 6.45) is 3.39. The molecule has 0 bridgehead atoms. The lowest BCUT2D eigenvalue weighted by Gasteiger charge is -2.07. The number of Topliss-reactive ketones (excluding diaryl/α,β-unsaturated/α-hetero) is 1. The van der Waals surface area contributed by atoms with Crippen LogP contribution in [0, 0.1) is 6.92 Å². The van der Waals surface area contributed by atoms with Crippen molar-refractivity contribution in [2.45, 2.75) is 25.0 Å². The Morgan fingerprint density at radius 2 is 2.07 bits per heavy atom. The van der Waals surface area contributed by atoms with Gasteiger partial charge in [0.05, 0.1) is 12.2 Å². The second kappa shape index (κ2) is 9.43. The number of benzene rings is 1. The number of hydrogen-bond acceptors (Lipinski definition) is 7. The van der Waals surface area contributed by atoms with Gasteiger partial charge in [0.15, 0.2) is 16.1 Å². The van der Waals surface area contributed by atoms with Crippen molar-refractivity contribution in [2.75, 3.05) is 11.1 Å². The van der Waals surface area contributed by atoms with Gasteiger partial charge in [-0.1, -0.05) is 47.7 Å².